The summed E-state index contributed by atoms with van der Waals surface area (Å²) in [4.78, 5) is 35.8. The number of nitrogens with zero attached hydrogens (tertiary/aromatic N) is 3. The number of esters is 1. The number of aromatic nitrogens is 2. The first kappa shape index (κ1) is 22.7. The molecule has 0 spiro atoms. The lowest BCUT2D eigenvalue weighted by Gasteiger charge is -2.25. The Bertz CT molecular complexity index is 1370. The van der Waals surface area contributed by atoms with Gasteiger partial charge in [0.2, 0.25) is 0 Å². The van der Waals surface area contributed by atoms with Crippen LogP contribution in [0.2, 0.25) is 0 Å². The van der Waals surface area contributed by atoms with E-state index < -0.39 is 12.0 Å². The predicted octanol–water partition coefficient (Wildman–Crippen LogP) is 2.98. The van der Waals surface area contributed by atoms with Gasteiger partial charge in [-0.05, 0) is 63.6 Å². The standard InChI is InChI=1S/C25H25N3O4S/c1-5-31-24(30)21-16(4)27-25-28(22(21)17-9-11-19(12-10-17)32-15(2)3)23(29)20(33-25)14-18-8-6-7-13-26-18/h6-15,22H,5H2,1-4H3/b20-14+. The van der Waals surface area contributed by atoms with Gasteiger partial charge in [-0.1, -0.05) is 29.5 Å². The fraction of sp³-hybridized carbons (Fsp3) is 0.280. The molecule has 0 N–H and O–H groups in total. The van der Waals surface area contributed by atoms with Crippen molar-refractivity contribution < 1.29 is 14.3 Å². The van der Waals surface area contributed by atoms with Gasteiger partial charge in [0, 0.05) is 6.20 Å². The zero-order valence-electron chi connectivity index (χ0n) is 18.9. The zero-order chi connectivity index (χ0) is 23.5. The van der Waals surface area contributed by atoms with E-state index in [2.05, 4.69) is 9.98 Å². The van der Waals surface area contributed by atoms with Crippen molar-refractivity contribution in [3.8, 4) is 5.75 Å². The molecule has 0 aliphatic carbocycles. The number of pyridine rings is 1. The number of fused-ring (bicyclic) bond motifs is 1. The summed E-state index contributed by atoms with van der Waals surface area (Å²) in [5.74, 6) is 0.236. The summed E-state index contributed by atoms with van der Waals surface area (Å²) < 4.78 is 13.1. The molecule has 1 atom stereocenters. The minimum atomic E-state index is -0.653. The Morgan fingerprint density at radius 3 is 2.61 bits per heavy atom. The minimum Gasteiger partial charge on any atom is -0.491 e. The van der Waals surface area contributed by atoms with Crippen molar-refractivity contribution in [3.63, 3.8) is 0 Å². The Labute approximate surface area is 195 Å². The quantitative estimate of drug-likeness (QED) is 0.525. The lowest BCUT2D eigenvalue weighted by atomic mass is 9.96. The van der Waals surface area contributed by atoms with Crippen LogP contribution in [0.15, 0.2) is 69.7 Å². The van der Waals surface area contributed by atoms with Gasteiger partial charge in [0.25, 0.3) is 5.56 Å². The first-order valence-electron chi connectivity index (χ1n) is 10.8. The largest absolute Gasteiger partial charge is 0.491 e. The molecule has 0 bridgehead atoms. The molecule has 0 amide bonds. The van der Waals surface area contributed by atoms with Crippen molar-refractivity contribution in [2.45, 2.75) is 39.8 Å². The molecule has 3 aromatic rings. The maximum Gasteiger partial charge on any atom is 0.338 e. The average molecular weight is 464 g/mol. The lowest BCUT2D eigenvalue weighted by molar-refractivity contribution is -0.139. The molecule has 7 nitrogen and oxygen atoms in total. The van der Waals surface area contributed by atoms with E-state index in [9.17, 15) is 9.59 Å². The third-order valence-electron chi connectivity index (χ3n) is 5.05. The predicted molar refractivity (Wildman–Crippen MR) is 127 cm³/mol. The van der Waals surface area contributed by atoms with E-state index in [0.717, 1.165) is 11.3 Å². The second-order valence-corrected chi connectivity index (χ2v) is 8.80. The minimum absolute atomic E-state index is 0.0392. The van der Waals surface area contributed by atoms with Crippen LogP contribution in [-0.2, 0) is 9.53 Å². The highest BCUT2D eigenvalue weighted by atomic mass is 32.1. The Balaban J connectivity index is 1.90. The Hall–Kier alpha value is -3.52. The molecule has 3 heterocycles. The molecule has 8 heteroatoms. The van der Waals surface area contributed by atoms with Gasteiger partial charge in [-0.3, -0.25) is 14.3 Å². The van der Waals surface area contributed by atoms with Crippen molar-refractivity contribution in [2.24, 2.45) is 4.99 Å². The maximum absolute atomic E-state index is 13.5. The topological polar surface area (TPSA) is 82.8 Å². The van der Waals surface area contributed by atoms with Crippen LogP contribution in [0.4, 0.5) is 0 Å². The van der Waals surface area contributed by atoms with Crippen molar-refractivity contribution in [3.05, 3.63) is 90.9 Å². The molecule has 0 saturated carbocycles. The number of allylic oxidation sites excluding steroid dienone is 1. The second-order valence-electron chi connectivity index (χ2n) is 7.79. The van der Waals surface area contributed by atoms with E-state index in [4.69, 9.17) is 9.47 Å². The summed E-state index contributed by atoms with van der Waals surface area (Å²) in [5, 5.41) is 0. The van der Waals surface area contributed by atoms with Gasteiger partial charge in [-0.2, -0.15) is 0 Å². The fourth-order valence-corrected chi connectivity index (χ4v) is 4.73. The number of hydrogen-bond acceptors (Lipinski definition) is 7. The Kier molecular flexibility index (Phi) is 6.55. The molecule has 1 aromatic carbocycles. The Morgan fingerprint density at radius 1 is 1.21 bits per heavy atom. The molecule has 1 unspecified atom stereocenters. The molecular formula is C25H25N3O4S. The van der Waals surface area contributed by atoms with Gasteiger partial charge in [-0.15, -0.1) is 0 Å². The summed E-state index contributed by atoms with van der Waals surface area (Å²) in [6, 6.07) is 12.3. The van der Waals surface area contributed by atoms with E-state index >= 15 is 0 Å². The molecule has 4 rings (SSSR count). The number of carbonyl (C=O) groups excluding carboxylic acids is 1. The molecule has 33 heavy (non-hydrogen) atoms. The summed E-state index contributed by atoms with van der Waals surface area (Å²) >= 11 is 1.27. The number of thiazole rings is 1. The van der Waals surface area contributed by atoms with Crippen LogP contribution in [0, 0.1) is 0 Å². The molecule has 1 aliphatic heterocycles. The van der Waals surface area contributed by atoms with Crippen molar-refractivity contribution >= 4 is 23.4 Å². The summed E-state index contributed by atoms with van der Waals surface area (Å²) in [5.41, 5.74) is 2.11. The van der Waals surface area contributed by atoms with E-state index in [1.807, 2.05) is 56.3 Å². The van der Waals surface area contributed by atoms with Crippen LogP contribution in [0.3, 0.4) is 0 Å². The Morgan fingerprint density at radius 2 is 1.97 bits per heavy atom. The SMILES string of the molecule is CCOC(=O)C1=C(C)N=c2s/c(=C/c3ccccn3)c(=O)n2C1c1ccc(OC(C)C)cc1. The van der Waals surface area contributed by atoms with Gasteiger partial charge >= 0.3 is 5.97 Å². The average Bonchev–Trinajstić information content (AvgIpc) is 3.08. The first-order valence-corrected chi connectivity index (χ1v) is 11.6. The smallest absolute Gasteiger partial charge is 0.338 e. The third kappa shape index (κ3) is 4.66. The van der Waals surface area contributed by atoms with Gasteiger partial charge in [0.05, 0.1) is 40.2 Å². The highest BCUT2D eigenvalue weighted by Crippen LogP contribution is 2.31. The molecule has 2 aromatic heterocycles. The van der Waals surface area contributed by atoms with Crippen molar-refractivity contribution in [1.29, 1.82) is 0 Å². The third-order valence-corrected chi connectivity index (χ3v) is 6.03. The molecule has 0 saturated heterocycles. The number of hydrogen-bond donors (Lipinski definition) is 0. The van der Waals surface area contributed by atoms with Crippen LogP contribution in [0.1, 0.15) is 45.0 Å². The molecular weight excluding hydrogens is 438 g/mol. The van der Waals surface area contributed by atoms with E-state index in [0.29, 0.717) is 26.3 Å². The summed E-state index contributed by atoms with van der Waals surface area (Å²) in [7, 11) is 0. The molecule has 170 valence electrons. The van der Waals surface area contributed by atoms with E-state index in [-0.39, 0.29) is 18.3 Å². The fourth-order valence-electron chi connectivity index (χ4n) is 3.70. The monoisotopic (exact) mass is 463 g/mol. The number of rotatable bonds is 6. The second kappa shape index (κ2) is 9.54. The van der Waals surface area contributed by atoms with Crippen molar-refractivity contribution in [1.82, 2.24) is 9.55 Å². The highest BCUT2D eigenvalue weighted by molar-refractivity contribution is 7.07. The summed E-state index contributed by atoms with van der Waals surface area (Å²) in [6.07, 6.45) is 3.46. The lowest BCUT2D eigenvalue weighted by Crippen LogP contribution is -2.39. The van der Waals surface area contributed by atoms with Crippen LogP contribution in [0.25, 0.3) is 6.08 Å². The molecule has 1 aliphatic rings. The normalized spacial score (nSPS) is 15.9. The zero-order valence-corrected chi connectivity index (χ0v) is 19.8. The van der Waals surface area contributed by atoms with E-state index in [1.54, 1.807) is 30.7 Å². The number of ether oxygens (including phenoxy) is 2. The van der Waals surface area contributed by atoms with Crippen LogP contribution >= 0.6 is 11.3 Å². The van der Waals surface area contributed by atoms with E-state index in [1.165, 1.54) is 11.3 Å². The molecule has 0 fully saturated rings. The van der Waals surface area contributed by atoms with Gasteiger partial charge in [-0.25, -0.2) is 9.79 Å². The van der Waals surface area contributed by atoms with Crippen LogP contribution < -0.4 is 19.6 Å². The summed E-state index contributed by atoms with van der Waals surface area (Å²) in [6.45, 7) is 7.67. The van der Waals surface area contributed by atoms with Gasteiger partial charge in [0.1, 0.15) is 5.75 Å². The first-order chi connectivity index (χ1) is 15.9. The highest BCUT2D eigenvalue weighted by Gasteiger charge is 2.33. The molecule has 0 radical (unpaired) electrons. The number of carbonyl (C=O) groups is 1. The van der Waals surface area contributed by atoms with Gasteiger partial charge < -0.3 is 9.47 Å². The van der Waals surface area contributed by atoms with Gasteiger partial charge in [0.15, 0.2) is 4.80 Å². The van der Waals surface area contributed by atoms with Crippen LogP contribution in [0.5, 0.6) is 5.75 Å². The number of benzene rings is 1. The van der Waals surface area contributed by atoms with Crippen molar-refractivity contribution in [2.75, 3.05) is 6.61 Å². The van der Waals surface area contributed by atoms with Crippen LogP contribution in [-0.4, -0.2) is 28.2 Å². The maximum atomic E-state index is 13.5.